The van der Waals surface area contributed by atoms with Gasteiger partial charge >= 0.3 is 0 Å². The lowest BCUT2D eigenvalue weighted by molar-refractivity contribution is 0.0725. The maximum absolute atomic E-state index is 13.1. The number of rotatable bonds is 3. The predicted molar refractivity (Wildman–Crippen MR) is 99.7 cm³/mol. The Morgan fingerprint density at radius 1 is 1.19 bits per heavy atom. The summed E-state index contributed by atoms with van der Waals surface area (Å²) in [5.41, 5.74) is 3.30. The first-order chi connectivity index (χ1) is 13.0. The maximum Gasteiger partial charge on any atom is 0.273 e. The second kappa shape index (κ2) is 6.57. The van der Waals surface area contributed by atoms with Crippen LogP contribution in [0.1, 0.15) is 47.2 Å². The fourth-order valence-corrected chi connectivity index (χ4v) is 3.41. The topological polar surface area (TPSA) is 92.4 Å². The van der Waals surface area contributed by atoms with E-state index >= 15 is 0 Å². The molecule has 3 aromatic rings. The van der Waals surface area contributed by atoms with Crippen LogP contribution in [0.5, 0.6) is 0 Å². The lowest BCUT2D eigenvalue weighted by Gasteiger charge is -2.30. The number of hydrogen-bond donors (Lipinski definition) is 0. The molecule has 0 saturated heterocycles. The third-order valence-corrected chi connectivity index (χ3v) is 4.79. The molecule has 4 rings (SSSR count). The molecule has 0 fully saturated rings. The van der Waals surface area contributed by atoms with Crippen molar-refractivity contribution in [3.05, 3.63) is 41.4 Å². The van der Waals surface area contributed by atoms with Gasteiger partial charge in [0, 0.05) is 26.2 Å². The molecule has 0 saturated carbocycles. The standard InChI is InChI=1S/C18H22N8O/c1-11(2)15-7-13(23-18-21-10-22-26(15)18)17(27)25-6-5-12-14(8-25)19-9-20-16(12)24(3)4/h7,9-11H,5-6,8H2,1-4H3. The molecule has 1 aliphatic heterocycles. The van der Waals surface area contributed by atoms with E-state index in [0.717, 1.165) is 29.2 Å². The SMILES string of the molecule is CC(C)c1cc(C(=O)N2CCc3c(ncnc3N(C)C)C2)nc2ncnn12. The first-order valence-corrected chi connectivity index (χ1v) is 8.95. The Bertz CT molecular complexity index is 1010. The summed E-state index contributed by atoms with van der Waals surface area (Å²) in [4.78, 5) is 34.2. The van der Waals surface area contributed by atoms with Crippen LogP contribution in [0, 0.1) is 0 Å². The summed E-state index contributed by atoms with van der Waals surface area (Å²) in [5.74, 6) is 1.44. The molecule has 0 atom stereocenters. The van der Waals surface area contributed by atoms with E-state index in [9.17, 15) is 4.79 Å². The normalized spacial score (nSPS) is 13.9. The summed E-state index contributed by atoms with van der Waals surface area (Å²) in [6.45, 7) is 5.17. The number of nitrogens with zero attached hydrogens (tertiary/aromatic N) is 8. The third-order valence-electron chi connectivity index (χ3n) is 4.79. The summed E-state index contributed by atoms with van der Waals surface area (Å²) in [5, 5.41) is 4.21. The predicted octanol–water partition coefficient (Wildman–Crippen LogP) is 1.30. The summed E-state index contributed by atoms with van der Waals surface area (Å²) >= 11 is 0. The van der Waals surface area contributed by atoms with Gasteiger partial charge in [0.05, 0.1) is 17.9 Å². The fraction of sp³-hybridized carbons (Fsp3) is 0.444. The molecule has 0 aromatic carbocycles. The second-order valence-electron chi connectivity index (χ2n) is 7.19. The zero-order chi connectivity index (χ0) is 19.1. The lowest BCUT2D eigenvalue weighted by atomic mass is 10.0. The van der Waals surface area contributed by atoms with Crippen molar-refractivity contribution in [1.29, 1.82) is 0 Å². The van der Waals surface area contributed by atoms with Crippen LogP contribution in [0.3, 0.4) is 0 Å². The van der Waals surface area contributed by atoms with Crippen molar-refractivity contribution in [3.8, 4) is 0 Å². The van der Waals surface area contributed by atoms with Gasteiger partial charge in [-0.05, 0) is 18.4 Å². The van der Waals surface area contributed by atoms with E-state index in [1.807, 2.05) is 25.1 Å². The van der Waals surface area contributed by atoms with Gasteiger partial charge in [-0.25, -0.2) is 19.5 Å². The highest BCUT2D eigenvalue weighted by Gasteiger charge is 2.27. The highest BCUT2D eigenvalue weighted by Crippen LogP contribution is 2.25. The monoisotopic (exact) mass is 366 g/mol. The van der Waals surface area contributed by atoms with E-state index < -0.39 is 0 Å². The molecule has 9 nitrogen and oxygen atoms in total. The number of carbonyl (C=O) groups is 1. The van der Waals surface area contributed by atoms with E-state index in [0.29, 0.717) is 24.6 Å². The van der Waals surface area contributed by atoms with E-state index in [1.54, 1.807) is 15.7 Å². The van der Waals surface area contributed by atoms with E-state index in [1.165, 1.54) is 6.33 Å². The molecule has 0 spiro atoms. The molecule has 0 N–H and O–H groups in total. The van der Waals surface area contributed by atoms with Crippen LogP contribution in [-0.4, -0.2) is 61.0 Å². The summed E-state index contributed by atoms with van der Waals surface area (Å²) < 4.78 is 1.68. The van der Waals surface area contributed by atoms with E-state index in [4.69, 9.17) is 0 Å². The Morgan fingerprint density at radius 2 is 2.00 bits per heavy atom. The molecule has 1 aliphatic rings. The van der Waals surface area contributed by atoms with Crippen LogP contribution in [0.2, 0.25) is 0 Å². The Labute approximate surface area is 157 Å². The number of anilines is 1. The van der Waals surface area contributed by atoms with Crippen LogP contribution >= 0.6 is 0 Å². The average Bonchev–Trinajstić information content (AvgIpc) is 3.13. The molecular weight excluding hydrogens is 344 g/mol. The zero-order valence-corrected chi connectivity index (χ0v) is 15.9. The highest BCUT2D eigenvalue weighted by atomic mass is 16.2. The van der Waals surface area contributed by atoms with Crippen LogP contribution in [0.15, 0.2) is 18.7 Å². The number of amides is 1. The maximum atomic E-state index is 13.1. The van der Waals surface area contributed by atoms with Gasteiger partial charge in [0.15, 0.2) is 0 Å². The van der Waals surface area contributed by atoms with Crippen LogP contribution < -0.4 is 4.90 Å². The number of hydrogen-bond acceptors (Lipinski definition) is 7. The molecule has 0 unspecified atom stereocenters. The quantitative estimate of drug-likeness (QED) is 0.690. The second-order valence-corrected chi connectivity index (χ2v) is 7.19. The van der Waals surface area contributed by atoms with Gasteiger partial charge in [-0.3, -0.25) is 4.79 Å². The van der Waals surface area contributed by atoms with Crippen molar-refractivity contribution >= 4 is 17.5 Å². The molecule has 4 heterocycles. The summed E-state index contributed by atoms with van der Waals surface area (Å²) in [6.07, 6.45) is 3.73. The Balaban J connectivity index is 1.67. The van der Waals surface area contributed by atoms with Crippen molar-refractivity contribution in [2.24, 2.45) is 0 Å². The van der Waals surface area contributed by atoms with Gasteiger partial charge in [-0.2, -0.15) is 10.1 Å². The third kappa shape index (κ3) is 2.98. The molecule has 9 heteroatoms. The first kappa shape index (κ1) is 17.3. The largest absolute Gasteiger partial charge is 0.362 e. The van der Waals surface area contributed by atoms with E-state index in [2.05, 4.69) is 38.9 Å². The Hall–Kier alpha value is -3.10. The van der Waals surface area contributed by atoms with Crippen molar-refractivity contribution in [2.45, 2.75) is 32.7 Å². The van der Waals surface area contributed by atoms with Crippen LogP contribution in [-0.2, 0) is 13.0 Å². The van der Waals surface area contributed by atoms with Gasteiger partial charge in [-0.15, -0.1) is 0 Å². The fourth-order valence-electron chi connectivity index (χ4n) is 3.41. The molecule has 1 amide bonds. The average molecular weight is 366 g/mol. The van der Waals surface area contributed by atoms with Gasteiger partial charge in [-0.1, -0.05) is 13.8 Å². The van der Waals surface area contributed by atoms with Gasteiger partial charge in [0.2, 0.25) is 0 Å². The van der Waals surface area contributed by atoms with Crippen molar-refractivity contribution in [2.75, 3.05) is 25.5 Å². The minimum absolute atomic E-state index is 0.113. The smallest absolute Gasteiger partial charge is 0.273 e. The van der Waals surface area contributed by atoms with Gasteiger partial charge in [0.1, 0.15) is 24.2 Å². The minimum atomic E-state index is -0.113. The van der Waals surface area contributed by atoms with E-state index in [-0.39, 0.29) is 11.8 Å². The lowest BCUT2D eigenvalue weighted by Crippen LogP contribution is -2.38. The van der Waals surface area contributed by atoms with Gasteiger partial charge < -0.3 is 9.80 Å². The summed E-state index contributed by atoms with van der Waals surface area (Å²) in [6, 6.07) is 1.81. The molecule has 3 aromatic heterocycles. The van der Waals surface area contributed by atoms with Crippen molar-refractivity contribution in [3.63, 3.8) is 0 Å². The zero-order valence-electron chi connectivity index (χ0n) is 15.9. The molecule has 140 valence electrons. The molecule has 0 bridgehead atoms. The van der Waals surface area contributed by atoms with Crippen molar-refractivity contribution in [1.82, 2.24) is 34.4 Å². The molecule has 0 aliphatic carbocycles. The number of aromatic nitrogens is 6. The molecule has 0 radical (unpaired) electrons. The highest BCUT2D eigenvalue weighted by molar-refractivity contribution is 5.93. The van der Waals surface area contributed by atoms with Crippen LogP contribution in [0.25, 0.3) is 5.78 Å². The molecular formula is C18H22N8O. The molecule has 27 heavy (non-hydrogen) atoms. The Kier molecular flexibility index (Phi) is 4.21. The van der Waals surface area contributed by atoms with Gasteiger partial charge in [0.25, 0.3) is 11.7 Å². The first-order valence-electron chi connectivity index (χ1n) is 8.95. The summed E-state index contributed by atoms with van der Waals surface area (Å²) in [7, 11) is 3.93. The van der Waals surface area contributed by atoms with Crippen LogP contribution in [0.4, 0.5) is 5.82 Å². The minimum Gasteiger partial charge on any atom is -0.362 e. The number of carbonyl (C=O) groups excluding carboxylic acids is 1. The number of fused-ring (bicyclic) bond motifs is 2. The Morgan fingerprint density at radius 3 is 2.74 bits per heavy atom. The van der Waals surface area contributed by atoms with Crippen molar-refractivity contribution < 1.29 is 4.79 Å².